The number of hydrogen-bond acceptors (Lipinski definition) is 3. The van der Waals surface area contributed by atoms with Gasteiger partial charge in [-0.3, -0.25) is 9.59 Å². The molecule has 0 atom stereocenters. The van der Waals surface area contributed by atoms with E-state index in [1.54, 1.807) is 11.8 Å². The van der Waals surface area contributed by atoms with E-state index < -0.39 is 11.4 Å². The summed E-state index contributed by atoms with van der Waals surface area (Å²) < 4.78 is 1.53. The zero-order valence-electron chi connectivity index (χ0n) is 11.5. The second-order valence-electron chi connectivity index (χ2n) is 5.07. The van der Waals surface area contributed by atoms with Crippen molar-refractivity contribution in [1.29, 1.82) is 0 Å². The average molecular weight is 278 g/mol. The zero-order valence-corrected chi connectivity index (χ0v) is 11.5. The van der Waals surface area contributed by atoms with Crippen LogP contribution in [0.15, 0.2) is 17.1 Å². The van der Waals surface area contributed by atoms with Gasteiger partial charge in [0.2, 0.25) is 5.91 Å². The first-order chi connectivity index (χ1) is 9.49. The summed E-state index contributed by atoms with van der Waals surface area (Å²) in [7, 11) is 0. The van der Waals surface area contributed by atoms with Crippen molar-refractivity contribution >= 4 is 11.9 Å². The van der Waals surface area contributed by atoms with Crippen LogP contribution in [-0.2, 0) is 11.3 Å². The Labute approximate surface area is 116 Å². The molecule has 0 saturated carbocycles. The van der Waals surface area contributed by atoms with Gasteiger partial charge in [0.15, 0.2) is 5.43 Å². The van der Waals surface area contributed by atoms with Crippen molar-refractivity contribution in [2.24, 2.45) is 0 Å². The Balaban J connectivity index is 2.20. The van der Waals surface area contributed by atoms with E-state index in [9.17, 15) is 14.4 Å². The van der Waals surface area contributed by atoms with Gasteiger partial charge < -0.3 is 14.6 Å². The fraction of sp³-hybridized carbons (Fsp3) is 0.500. The van der Waals surface area contributed by atoms with Crippen LogP contribution in [0.3, 0.4) is 0 Å². The van der Waals surface area contributed by atoms with E-state index in [2.05, 4.69) is 0 Å². The fourth-order valence-electron chi connectivity index (χ4n) is 2.39. The quantitative estimate of drug-likeness (QED) is 0.889. The number of aromatic carboxylic acids is 1. The van der Waals surface area contributed by atoms with Gasteiger partial charge in [0.1, 0.15) is 12.1 Å². The summed E-state index contributed by atoms with van der Waals surface area (Å²) in [6, 6.07) is 1.26. The van der Waals surface area contributed by atoms with E-state index in [0.717, 1.165) is 32.4 Å². The monoisotopic (exact) mass is 278 g/mol. The first-order valence-corrected chi connectivity index (χ1v) is 6.71. The molecule has 108 valence electrons. The highest BCUT2D eigenvalue weighted by Crippen LogP contribution is 2.10. The summed E-state index contributed by atoms with van der Waals surface area (Å²) in [4.78, 5) is 36.5. The van der Waals surface area contributed by atoms with Crippen molar-refractivity contribution < 1.29 is 14.7 Å². The SMILES string of the molecule is Cc1cc(=O)c(C(=O)O)cn1CC(=O)N1CCCCC1. The predicted octanol–water partition coefficient (Wildman–Crippen LogP) is 0.867. The number of carboxylic acid groups (broad SMARTS) is 1. The van der Waals surface area contributed by atoms with Crippen LogP contribution in [0.2, 0.25) is 0 Å². The zero-order chi connectivity index (χ0) is 14.7. The number of aryl methyl sites for hydroxylation is 1. The smallest absolute Gasteiger partial charge is 0.341 e. The Morgan fingerprint density at radius 3 is 2.50 bits per heavy atom. The number of carbonyl (C=O) groups excluding carboxylic acids is 1. The van der Waals surface area contributed by atoms with Crippen molar-refractivity contribution in [2.45, 2.75) is 32.7 Å². The molecule has 1 amide bonds. The molecule has 1 aliphatic rings. The first-order valence-electron chi connectivity index (χ1n) is 6.71. The molecule has 2 heterocycles. The molecule has 0 bridgehead atoms. The number of carboxylic acids is 1. The Morgan fingerprint density at radius 2 is 1.90 bits per heavy atom. The Kier molecular flexibility index (Phi) is 4.22. The van der Waals surface area contributed by atoms with Crippen LogP contribution in [0.5, 0.6) is 0 Å². The van der Waals surface area contributed by atoms with E-state index in [4.69, 9.17) is 5.11 Å². The number of nitrogens with zero attached hydrogens (tertiary/aromatic N) is 2. The van der Waals surface area contributed by atoms with Gasteiger partial charge in [-0.1, -0.05) is 0 Å². The largest absolute Gasteiger partial charge is 0.477 e. The molecule has 0 spiro atoms. The number of piperidine rings is 1. The van der Waals surface area contributed by atoms with E-state index in [0.29, 0.717) is 5.69 Å². The number of rotatable bonds is 3. The third-order valence-electron chi connectivity index (χ3n) is 3.59. The Morgan fingerprint density at radius 1 is 1.25 bits per heavy atom. The highest BCUT2D eigenvalue weighted by atomic mass is 16.4. The normalized spacial score (nSPS) is 15.2. The number of hydrogen-bond donors (Lipinski definition) is 1. The summed E-state index contributed by atoms with van der Waals surface area (Å²) >= 11 is 0. The summed E-state index contributed by atoms with van der Waals surface area (Å²) in [6.07, 6.45) is 4.41. The summed E-state index contributed by atoms with van der Waals surface area (Å²) in [6.45, 7) is 3.27. The van der Waals surface area contributed by atoms with Crippen molar-refractivity contribution in [3.05, 3.63) is 33.7 Å². The van der Waals surface area contributed by atoms with Gasteiger partial charge in [0.05, 0.1) is 0 Å². The van der Waals surface area contributed by atoms with Crippen LogP contribution in [0.4, 0.5) is 0 Å². The molecule has 6 nitrogen and oxygen atoms in total. The molecule has 0 radical (unpaired) electrons. The molecule has 1 aliphatic heterocycles. The molecular weight excluding hydrogens is 260 g/mol. The van der Waals surface area contributed by atoms with Gasteiger partial charge in [0.25, 0.3) is 0 Å². The van der Waals surface area contributed by atoms with E-state index in [1.807, 2.05) is 0 Å². The number of pyridine rings is 1. The van der Waals surface area contributed by atoms with E-state index >= 15 is 0 Å². The van der Waals surface area contributed by atoms with Gasteiger partial charge in [-0.05, 0) is 26.2 Å². The molecule has 6 heteroatoms. The molecule has 1 fully saturated rings. The molecule has 0 aliphatic carbocycles. The lowest BCUT2D eigenvalue weighted by atomic mass is 10.1. The van der Waals surface area contributed by atoms with E-state index in [-0.39, 0.29) is 18.0 Å². The maximum Gasteiger partial charge on any atom is 0.341 e. The highest BCUT2D eigenvalue weighted by molar-refractivity contribution is 5.87. The van der Waals surface area contributed by atoms with Crippen LogP contribution >= 0.6 is 0 Å². The molecule has 2 rings (SSSR count). The molecule has 0 unspecified atom stereocenters. The second kappa shape index (κ2) is 5.90. The third-order valence-corrected chi connectivity index (χ3v) is 3.59. The van der Waals surface area contributed by atoms with Gasteiger partial charge in [0, 0.05) is 31.0 Å². The maximum absolute atomic E-state index is 12.2. The lowest BCUT2D eigenvalue weighted by Crippen LogP contribution is -2.38. The van der Waals surface area contributed by atoms with Crippen molar-refractivity contribution in [1.82, 2.24) is 9.47 Å². The minimum Gasteiger partial charge on any atom is -0.477 e. The molecule has 1 aromatic rings. The van der Waals surface area contributed by atoms with Gasteiger partial charge in [-0.25, -0.2) is 4.79 Å². The number of likely N-dealkylation sites (tertiary alicyclic amines) is 1. The molecular formula is C14H18N2O4. The average Bonchev–Trinajstić information content (AvgIpc) is 2.42. The third kappa shape index (κ3) is 3.07. The van der Waals surface area contributed by atoms with Crippen molar-refractivity contribution in [2.75, 3.05) is 13.1 Å². The molecule has 0 aromatic carbocycles. The lowest BCUT2D eigenvalue weighted by Gasteiger charge is -2.27. The minimum atomic E-state index is -1.27. The molecule has 20 heavy (non-hydrogen) atoms. The molecule has 1 aromatic heterocycles. The van der Waals surface area contributed by atoms with Crippen LogP contribution in [0.25, 0.3) is 0 Å². The Bertz CT molecular complexity index is 585. The highest BCUT2D eigenvalue weighted by Gasteiger charge is 2.18. The maximum atomic E-state index is 12.2. The van der Waals surface area contributed by atoms with Crippen molar-refractivity contribution in [3.63, 3.8) is 0 Å². The lowest BCUT2D eigenvalue weighted by molar-refractivity contribution is -0.132. The van der Waals surface area contributed by atoms with Gasteiger partial charge in [-0.15, -0.1) is 0 Å². The van der Waals surface area contributed by atoms with Crippen LogP contribution in [-0.4, -0.2) is 39.5 Å². The predicted molar refractivity (Wildman–Crippen MR) is 72.8 cm³/mol. The van der Waals surface area contributed by atoms with Crippen LogP contribution < -0.4 is 5.43 Å². The fourth-order valence-corrected chi connectivity index (χ4v) is 2.39. The summed E-state index contributed by atoms with van der Waals surface area (Å²) in [5, 5.41) is 8.96. The van der Waals surface area contributed by atoms with Crippen LogP contribution in [0, 0.1) is 6.92 Å². The van der Waals surface area contributed by atoms with Crippen molar-refractivity contribution in [3.8, 4) is 0 Å². The number of carbonyl (C=O) groups is 2. The minimum absolute atomic E-state index is 0.0345. The second-order valence-corrected chi connectivity index (χ2v) is 5.07. The van der Waals surface area contributed by atoms with Gasteiger partial charge in [-0.2, -0.15) is 0 Å². The van der Waals surface area contributed by atoms with E-state index in [1.165, 1.54) is 16.8 Å². The number of aromatic nitrogens is 1. The summed E-state index contributed by atoms with van der Waals surface area (Å²) in [5.41, 5.74) is -0.246. The standard InChI is InChI=1S/C14H18N2O4/c1-10-7-12(17)11(14(19)20)8-16(10)9-13(18)15-5-3-2-4-6-15/h7-8H,2-6,9H2,1H3,(H,19,20). The van der Waals surface area contributed by atoms with Gasteiger partial charge >= 0.3 is 5.97 Å². The molecule has 1 N–H and O–H groups in total. The van der Waals surface area contributed by atoms with Crippen LogP contribution in [0.1, 0.15) is 35.3 Å². The first kappa shape index (κ1) is 14.3. The summed E-state index contributed by atoms with van der Waals surface area (Å²) in [5.74, 6) is -1.30. The number of amides is 1. The Hall–Kier alpha value is -2.11. The topological polar surface area (TPSA) is 79.6 Å². The molecule has 1 saturated heterocycles.